The van der Waals surface area contributed by atoms with Crippen molar-refractivity contribution in [3.8, 4) is 0 Å². The molecule has 3 nitrogen and oxygen atoms in total. The van der Waals surface area contributed by atoms with E-state index in [-0.39, 0.29) is 0 Å². The van der Waals surface area contributed by atoms with Gasteiger partial charge in [0.2, 0.25) is 0 Å². The Hall–Kier alpha value is -0.420. The number of aliphatic hydroxyl groups is 1. The van der Waals surface area contributed by atoms with E-state index in [9.17, 15) is 5.11 Å². The Morgan fingerprint density at radius 1 is 1.32 bits per heavy atom. The van der Waals surface area contributed by atoms with Gasteiger partial charge in [-0.15, -0.1) is 0 Å². The number of aryl methyl sites for hydroxylation is 1. The minimum Gasteiger partial charge on any atom is -0.389 e. The highest BCUT2D eigenvalue weighted by molar-refractivity contribution is 9.10. The molecule has 0 bridgehead atoms. The minimum absolute atomic E-state index is 0.393. The van der Waals surface area contributed by atoms with Crippen LogP contribution in [0.5, 0.6) is 0 Å². The van der Waals surface area contributed by atoms with Crippen LogP contribution in [0.15, 0.2) is 22.7 Å². The molecule has 0 spiro atoms. The molecule has 0 aliphatic rings. The van der Waals surface area contributed by atoms with E-state index in [0.29, 0.717) is 25.7 Å². The molecule has 0 aromatic heterocycles. The van der Waals surface area contributed by atoms with Crippen LogP contribution in [0.3, 0.4) is 0 Å². The topological polar surface area (TPSA) is 41.5 Å². The van der Waals surface area contributed by atoms with Gasteiger partial charge in [0.15, 0.2) is 0 Å². The summed E-state index contributed by atoms with van der Waals surface area (Å²) in [5.41, 5.74) is 2.49. The van der Waals surface area contributed by atoms with Gasteiger partial charge in [0, 0.05) is 24.2 Å². The van der Waals surface area contributed by atoms with E-state index in [1.54, 1.807) is 0 Å². The monoisotopic (exact) mass is 329 g/mol. The standard InChI is InChI=1S/C15H24BrNO2/c1-11(2)9-19-10-15(18)8-17-7-13-4-5-14(16)6-12(13)3/h4-6,11,15,17-18H,7-10H2,1-3H3. The van der Waals surface area contributed by atoms with E-state index >= 15 is 0 Å². The Bertz CT molecular complexity index is 382. The summed E-state index contributed by atoms with van der Waals surface area (Å²) in [6.07, 6.45) is -0.450. The molecule has 1 aromatic carbocycles. The molecule has 1 unspecified atom stereocenters. The average Bonchev–Trinajstić information content (AvgIpc) is 2.31. The Labute approximate surface area is 124 Å². The van der Waals surface area contributed by atoms with Crippen LogP contribution in [-0.4, -0.2) is 31.0 Å². The first kappa shape index (κ1) is 16.6. The lowest BCUT2D eigenvalue weighted by atomic mass is 10.1. The molecule has 0 amide bonds. The molecule has 0 aliphatic carbocycles. The van der Waals surface area contributed by atoms with Crippen molar-refractivity contribution >= 4 is 15.9 Å². The van der Waals surface area contributed by atoms with Crippen molar-refractivity contribution in [1.82, 2.24) is 5.32 Å². The predicted octanol–water partition coefficient (Wildman–Crippen LogP) is 2.88. The minimum atomic E-state index is -0.450. The van der Waals surface area contributed by atoms with E-state index in [1.807, 2.05) is 6.07 Å². The lowest BCUT2D eigenvalue weighted by Crippen LogP contribution is -2.30. The molecule has 0 radical (unpaired) electrons. The molecule has 1 atom stereocenters. The van der Waals surface area contributed by atoms with Gasteiger partial charge in [-0.3, -0.25) is 0 Å². The lowest BCUT2D eigenvalue weighted by molar-refractivity contribution is 0.0260. The van der Waals surface area contributed by atoms with Crippen molar-refractivity contribution in [2.24, 2.45) is 5.92 Å². The van der Waals surface area contributed by atoms with Gasteiger partial charge in [-0.05, 0) is 36.1 Å². The molecule has 4 heteroatoms. The van der Waals surface area contributed by atoms with Gasteiger partial charge in [-0.25, -0.2) is 0 Å². The molecular formula is C15H24BrNO2. The van der Waals surface area contributed by atoms with Crippen LogP contribution in [0.25, 0.3) is 0 Å². The molecule has 0 fully saturated rings. The number of ether oxygens (including phenoxy) is 1. The Morgan fingerprint density at radius 3 is 2.68 bits per heavy atom. The molecule has 2 N–H and O–H groups in total. The SMILES string of the molecule is Cc1cc(Br)ccc1CNCC(O)COCC(C)C. The maximum Gasteiger partial charge on any atom is 0.0897 e. The molecule has 1 aromatic rings. The summed E-state index contributed by atoms with van der Waals surface area (Å²) < 4.78 is 6.50. The number of hydrogen-bond donors (Lipinski definition) is 2. The van der Waals surface area contributed by atoms with Crippen LogP contribution in [0.2, 0.25) is 0 Å². The fourth-order valence-corrected chi connectivity index (χ4v) is 2.21. The predicted molar refractivity (Wildman–Crippen MR) is 82.2 cm³/mol. The maximum absolute atomic E-state index is 9.76. The third kappa shape index (κ3) is 7.06. The van der Waals surface area contributed by atoms with Crippen molar-refractivity contribution in [1.29, 1.82) is 0 Å². The van der Waals surface area contributed by atoms with Crippen LogP contribution in [0, 0.1) is 12.8 Å². The highest BCUT2D eigenvalue weighted by Crippen LogP contribution is 2.15. The summed E-state index contributed by atoms with van der Waals surface area (Å²) in [7, 11) is 0. The van der Waals surface area contributed by atoms with Crippen LogP contribution in [0.1, 0.15) is 25.0 Å². The van der Waals surface area contributed by atoms with Crippen molar-refractivity contribution in [2.45, 2.75) is 33.4 Å². The Morgan fingerprint density at radius 2 is 2.05 bits per heavy atom. The normalized spacial score (nSPS) is 12.9. The molecule has 0 heterocycles. The average molecular weight is 330 g/mol. The van der Waals surface area contributed by atoms with Crippen molar-refractivity contribution in [2.75, 3.05) is 19.8 Å². The quantitative estimate of drug-likeness (QED) is 0.770. The van der Waals surface area contributed by atoms with Crippen molar-refractivity contribution in [3.05, 3.63) is 33.8 Å². The first-order valence-electron chi connectivity index (χ1n) is 6.70. The largest absolute Gasteiger partial charge is 0.389 e. The van der Waals surface area contributed by atoms with Crippen LogP contribution in [0.4, 0.5) is 0 Å². The zero-order valence-electron chi connectivity index (χ0n) is 11.9. The summed E-state index contributed by atoms with van der Waals surface area (Å²) in [5.74, 6) is 0.505. The van der Waals surface area contributed by atoms with Gasteiger partial charge in [-0.2, -0.15) is 0 Å². The highest BCUT2D eigenvalue weighted by Gasteiger charge is 2.05. The summed E-state index contributed by atoms with van der Waals surface area (Å²) >= 11 is 3.45. The zero-order chi connectivity index (χ0) is 14.3. The second-order valence-electron chi connectivity index (χ2n) is 5.29. The number of rotatable bonds is 8. The smallest absolute Gasteiger partial charge is 0.0897 e. The Kier molecular flexibility index (Phi) is 7.61. The third-order valence-electron chi connectivity index (χ3n) is 2.76. The summed E-state index contributed by atoms with van der Waals surface area (Å²) in [6, 6.07) is 6.22. The van der Waals surface area contributed by atoms with Gasteiger partial charge >= 0.3 is 0 Å². The Balaban J connectivity index is 2.22. The van der Waals surface area contributed by atoms with Gasteiger partial charge < -0.3 is 15.2 Å². The highest BCUT2D eigenvalue weighted by atomic mass is 79.9. The van der Waals surface area contributed by atoms with Gasteiger partial charge in [0.1, 0.15) is 0 Å². The van der Waals surface area contributed by atoms with E-state index < -0.39 is 6.10 Å². The second-order valence-corrected chi connectivity index (χ2v) is 6.20. The number of hydrogen-bond acceptors (Lipinski definition) is 3. The van der Waals surface area contributed by atoms with E-state index in [1.165, 1.54) is 11.1 Å². The van der Waals surface area contributed by atoms with E-state index in [0.717, 1.165) is 11.0 Å². The molecule has 0 saturated heterocycles. The molecule has 19 heavy (non-hydrogen) atoms. The third-order valence-corrected chi connectivity index (χ3v) is 3.25. The van der Waals surface area contributed by atoms with Crippen LogP contribution >= 0.6 is 15.9 Å². The number of halogens is 1. The molecular weight excluding hydrogens is 306 g/mol. The lowest BCUT2D eigenvalue weighted by Gasteiger charge is -2.14. The van der Waals surface area contributed by atoms with Gasteiger partial charge in [0.05, 0.1) is 12.7 Å². The zero-order valence-corrected chi connectivity index (χ0v) is 13.5. The first-order valence-corrected chi connectivity index (χ1v) is 7.50. The molecule has 0 aliphatic heterocycles. The summed E-state index contributed by atoms with van der Waals surface area (Å²) in [4.78, 5) is 0. The molecule has 108 valence electrons. The summed E-state index contributed by atoms with van der Waals surface area (Å²) in [5, 5.41) is 13.0. The van der Waals surface area contributed by atoms with E-state index in [2.05, 4.69) is 54.2 Å². The molecule has 1 rings (SSSR count). The second kappa shape index (κ2) is 8.69. The van der Waals surface area contributed by atoms with Gasteiger partial charge in [-0.1, -0.05) is 35.8 Å². The number of benzene rings is 1. The van der Waals surface area contributed by atoms with Crippen molar-refractivity contribution in [3.63, 3.8) is 0 Å². The van der Waals surface area contributed by atoms with Crippen LogP contribution < -0.4 is 5.32 Å². The maximum atomic E-state index is 9.76. The van der Waals surface area contributed by atoms with Crippen LogP contribution in [-0.2, 0) is 11.3 Å². The van der Waals surface area contributed by atoms with Gasteiger partial charge in [0.25, 0.3) is 0 Å². The first-order chi connectivity index (χ1) is 8.99. The number of nitrogens with one attached hydrogen (secondary N) is 1. The summed E-state index contributed by atoms with van der Waals surface area (Å²) in [6.45, 7) is 8.69. The fourth-order valence-electron chi connectivity index (χ4n) is 1.73. The number of aliphatic hydroxyl groups excluding tert-OH is 1. The van der Waals surface area contributed by atoms with E-state index in [4.69, 9.17) is 4.74 Å². The molecule has 0 saturated carbocycles. The fraction of sp³-hybridized carbons (Fsp3) is 0.600. The van der Waals surface area contributed by atoms with Crippen molar-refractivity contribution < 1.29 is 9.84 Å².